The van der Waals surface area contributed by atoms with Crippen LogP contribution in [0.5, 0.6) is 5.75 Å². The zero-order valence-corrected chi connectivity index (χ0v) is 14.8. The molecule has 122 valence electrons. The van der Waals surface area contributed by atoms with Crippen molar-refractivity contribution in [2.45, 2.75) is 47.5 Å². The molecule has 0 aliphatic heterocycles. The van der Waals surface area contributed by atoms with Crippen LogP contribution in [0.4, 0.5) is 0 Å². The number of ketones is 2. The summed E-state index contributed by atoms with van der Waals surface area (Å²) in [5.74, 6) is 0.189. The van der Waals surface area contributed by atoms with Gasteiger partial charge in [0.1, 0.15) is 17.3 Å². The van der Waals surface area contributed by atoms with E-state index in [0.29, 0.717) is 0 Å². The lowest BCUT2D eigenvalue weighted by molar-refractivity contribution is -0.138. The van der Waals surface area contributed by atoms with Gasteiger partial charge in [-0.05, 0) is 30.5 Å². The SMILES string of the molecule is COc1ccc([C@H](C(C)C)[C@@H](C(C)=O)C(=O)C(C)(C)C)cc1. The first-order chi connectivity index (χ1) is 10.1. The Kier molecular flexibility index (Phi) is 5.92. The van der Waals surface area contributed by atoms with Gasteiger partial charge in [-0.25, -0.2) is 0 Å². The number of carbonyl (C=O) groups is 2. The Balaban J connectivity index is 3.30. The average Bonchev–Trinajstić information content (AvgIpc) is 2.42. The van der Waals surface area contributed by atoms with Crippen LogP contribution < -0.4 is 4.74 Å². The summed E-state index contributed by atoms with van der Waals surface area (Å²) >= 11 is 0. The minimum absolute atomic E-state index is 0.00881. The van der Waals surface area contributed by atoms with Crippen molar-refractivity contribution in [3.05, 3.63) is 29.8 Å². The molecular weight excluding hydrogens is 276 g/mol. The van der Waals surface area contributed by atoms with Crippen LogP contribution in [-0.4, -0.2) is 18.7 Å². The first kappa shape index (κ1) is 18.4. The van der Waals surface area contributed by atoms with E-state index >= 15 is 0 Å². The zero-order valence-electron chi connectivity index (χ0n) is 14.8. The first-order valence-corrected chi connectivity index (χ1v) is 7.78. The molecule has 0 N–H and O–H groups in total. The summed E-state index contributed by atoms with van der Waals surface area (Å²) in [7, 11) is 1.62. The van der Waals surface area contributed by atoms with E-state index in [0.717, 1.165) is 11.3 Å². The Labute approximate surface area is 134 Å². The highest BCUT2D eigenvalue weighted by molar-refractivity contribution is 6.04. The second-order valence-corrected chi connectivity index (χ2v) is 7.25. The van der Waals surface area contributed by atoms with E-state index in [1.165, 1.54) is 6.92 Å². The minimum atomic E-state index is -0.603. The van der Waals surface area contributed by atoms with Crippen molar-refractivity contribution in [1.29, 1.82) is 0 Å². The number of hydrogen-bond acceptors (Lipinski definition) is 3. The predicted octanol–water partition coefficient (Wildman–Crippen LogP) is 4.26. The molecule has 0 spiro atoms. The second kappa shape index (κ2) is 7.08. The fourth-order valence-electron chi connectivity index (χ4n) is 2.86. The maximum Gasteiger partial charge on any atom is 0.149 e. The molecule has 0 saturated heterocycles. The van der Waals surface area contributed by atoms with Crippen molar-refractivity contribution in [2.24, 2.45) is 17.3 Å². The Morgan fingerprint density at radius 2 is 1.55 bits per heavy atom. The number of Topliss-reactive ketones (excluding diaryl/α,β-unsaturated/α-hetero) is 2. The molecule has 2 atom stereocenters. The molecular formula is C19H28O3. The molecule has 1 aromatic carbocycles. The third-order valence-electron chi connectivity index (χ3n) is 4.04. The molecule has 0 aromatic heterocycles. The van der Waals surface area contributed by atoms with Crippen molar-refractivity contribution in [3.8, 4) is 5.75 Å². The van der Waals surface area contributed by atoms with E-state index in [9.17, 15) is 9.59 Å². The Bertz CT molecular complexity index is 521. The van der Waals surface area contributed by atoms with Crippen molar-refractivity contribution in [2.75, 3.05) is 7.11 Å². The largest absolute Gasteiger partial charge is 0.497 e. The lowest BCUT2D eigenvalue weighted by Gasteiger charge is -2.32. The first-order valence-electron chi connectivity index (χ1n) is 7.78. The van der Waals surface area contributed by atoms with Crippen molar-refractivity contribution >= 4 is 11.6 Å². The highest BCUT2D eigenvalue weighted by Crippen LogP contribution is 2.37. The van der Waals surface area contributed by atoms with Gasteiger partial charge in [0.25, 0.3) is 0 Å². The molecule has 1 aromatic rings. The van der Waals surface area contributed by atoms with Crippen LogP contribution in [0.1, 0.15) is 53.0 Å². The fraction of sp³-hybridized carbons (Fsp3) is 0.579. The maximum atomic E-state index is 12.8. The summed E-state index contributed by atoms with van der Waals surface area (Å²) in [4.78, 5) is 25.0. The number of rotatable bonds is 6. The summed E-state index contributed by atoms with van der Waals surface area (Å²) in [5.41, 5.74) is 0.476. The third kappa shape index (κ3) is 4.19. The average molecular weight is 304 g/mol. The van der Waals surface area contributed by atoms with Crippen LogP contribution in [0.25, 0.3) is 0 Å². The van der Waals surface area contributed by atoms with Gasteiger partial charge in [-0.15, -0.1) is 0 Å². The fourth-order valence-corrected chi connectivity index (χ4v) is 2.86. The smallest absolute Gasteiger partial charge is 0.149 e. The van der Waals surface area contributed by atoms with E-state index in [4.69, 9.17) is 4.74 Å². The number of hydrogen-bond donors (Lipinski definition) is 0. The molecule has 0 radical (unpaired) electrons. The molecule has 0 amide bonds. The van der Waals surface area contributed by atoms with Crippen LogP contribution in [0.3, 0.4) is 0 Å². The summed E-state index contributed by atoms with van der Waals surface area (Å²) in [5, 5.41) is 0. The van der Waals surface area contributed by atoms with Gasteiger partial charge in [-0.3, -0.25) is 9.59 Å². The van der Waals surface area contributed by atoms with E-state index in [2.05, 4.69) is 13.8 Å². The van der Waals surface area contributed by atoms with Crippen LogP contribution in [-0.2, 0) is 9.59 Å². The maximum absolute atomic E-state index is 12.8. The summed E-state index contributed by atoms with van der Waals surface area (Å²) in [6, 6.07) is 7.66. The zero-order chi connectivity index (χ0) is 17.1. The normalized spacial score (nSPS) is 14.5. The minimum Gasteiger partial charge on any atom is -0.497 e. The molecule has 0 bridgehead atoms. The van der Waals surface area contributed by atoms with Gasteiger partial charge in [-0.2, -0.15) is 0 Å². The number of benzene rings is 1. The molecule has 1 rings (SSSR count). The molecule has 0 heterocycles. The summed E-state index contributed by atoms with van der Waals surface area (Å²) in [6.07, 6.45) is 0. The third-order valence-corrected chi connectivity index (χ3v) is 4.04. The van der Waals surface area contributed by atoms with Crippen molar-refractivity contribution < 1.29 is 14.3 Å². The second-order valence-electron chi connectivity index (χ2n) is 7.25. The van der Waals surface area contributed by atoms with Crippen LogP contribution in [0.15, 0.2) is 24.3 Å². The molecule has 0 aliphatic rings. The predicted molar refractivity (Wildman–Crippen MR) is 89.2 cm³/mol. The molecule has 0 fully saturated rings. The number of ether oxygens (including phenoxy) is 1. The van der Waals surface area contributed by atoms with E-state index in [1.54, 1.807) is 7.11 Å². The lowest BCUT2D eigenvalue weighted by Crippen LogP contribution is -2.38. The highest BCUT2D eigenvalue weighted by atomic mass is 16.5. The van der Waals surface area contributed by atoms with Crippen LogP contribution in [0.2, 0.25) is 0 Å². The Hall–Kier alpha value is -1.64. The quantitative estimate of drug-likeness (QED) is 0.738. The van der Waals surface area contributed by atoms with Gasteiger partial charge in [0.15, 0.2) is 0 Å². The van der Waals surface area contributed by atoms with Gasteiger partial charge < -0.3 is 4.74 Å². The number of methoxy groups -OCH3 is 1. The molecule has 3 nitrogen and oxygen atoms in total. The monoisotopic (exact) mass is 304 g/mol. The van der Waals surface area contributed by atoms with Gasteiger partial charge >= 0.3 is 0 Å². The van der Waals surface area contributed by atoms with Gasteiger partial charge in [0.05, 0.1) is 13.0 Å². The van der Waals surface area contributed by atoms with Crippen molar-refractivity contribution in [3.63, 3.8) is 0 Å². The topological polar surface area (TPSA) is 43.4 Å². The van der Waals surface area contributed by atoms with Gasteiger partial charge in [0, 0.05) is 11.3 Å². The Morgan fingerprint density at radius 3 is 1.86 bits per heavy atom. The van der Waals surface area contributed by atoms with E-state index in [1.807, 2.05) is 45.0 Å². The van der Waals surface area contributed by atoms with Crippen LogP contribution >= 0.6 is 0 Å². The molecule has 22 heavy (non-hydrogen) atoms. The Morgan fingerprint density at radius 1 is 1.05 bits per heavy atom. The van der Waals surface area contributed by atoms with E-state index in [-0.39, 0.29) is 23.4 Å². The molecule has 0 unspecified atom stereocenters. The van der Waals surface area contributed by atoms with Gasteiger partial charge in [0.2, 0.25) is 0 Å². The standard InChI is InChI=1S/C19H28O3/c1-12(2)16(14-8-10-15(22-7)11-9-14)17(13(3)20)18(21)19(4,5)6/h8-12,16-17H,1-7H3/t16-,17+/m0/s1. The molecule has 3 heteroatoms. The highest BCUT2D eigenvalue weighted by Gasteiger charge is 2.40. The van der Waals surface area contributed by atoms with Crippen molar-refractivity contribution in [1.82, 2.24) is 0 Å². The summed E-state index contributed by atoms with van der Waals surface area (Å²) in [6.45, 7) is 11.2. The number of carbonyl (C=O) groups excluding carboxylic acids is 2. The lowest BCUT2D eigenvalue weighted by atomic mass is 9.69. The van der Waals surface area contributed by atoms with Gasteiger partial charge in [-0.1, -0.05) is 46.8 Å². The van der Waals surface area contributed by atoms with E-state index < -0.39 is 11.3 Å². The molecule has 0 saturated carbocycles. The molecule has 0 aliphatic carbocycles. The van der Waals surface area contributed by atoms with Crippen LogP contribution in [0, 0.1) is 17.3 Å². The summed E-state index contributed by atoms with van der Waals surface area (Å²) < 4.78 is 5.19.